The van der Waals surface area contributed by atoms with Gasteiger partial charge < -0.3 is 26.2 Å². The summed E-state index contributed by atoms with van der Waals surface area (Å²) in [5, 5.41) is 20.2. The Morgan fingerprint density at radius 2 is 1.81 bits per heavy atom. The Hall–Kier alpha value is -4.35. The predicted molar refractivity (Wildman–Crippen MR) is 115 cm³/mol. The number of anilines is 3. The number of carbonyl (C=O) groups excluding carboxylic acids is 1. The lowest BCUT2D eigenvalue weighted by Crippen LogP contribution is -2.41. The maximum absolute atomic E-state index is 12.4. The van der Waals surface area contributed by atoms with E-state index >= 15 is 0 Å². The van der Waals surface area contributed by atoms with Crippen molar-refractivity contribution in [3.05, 3.63) is 41.9 Å². The molecule has 2 aromatic heterocycles. The van der Waals surface area contributed by atoms with Crippen LogP contribution in [0.2, 0.25) is 0 Å². The molecule has 3 aromatic rings. The van der Waals surface area contributed by atoms with E-state index in [1.54, 1.807) is 31.0 Å². The third-order valence-corrected chi connectivity index (χ3v) is 4.64. The first kappa shape index (κ1) is 22.3. The number of nitrogens with two attached hydrogens (primary N) is 1. The number of fused-ring (bicyclic) bond motifs is 1. The number of nitrogens with zero attached hydrogens (tertiary/aromatic N) is 5. The molecule has 0 bridgehead atoms. The van der Waals surface area contributed by atoms with E-state index in [1.807, 2.05) is 0 Å². The second-order valence-electron chi connectivity index (χ2n) is 6.96. The molecule has 12 nitrogen and oxygen atoms in total. The smallest absolute Gasteiger partial charge is 0.326 e. The van der Waals surface area contributed by atoms with Crippen LogP contribution in [0.15, 0.2) is 30.5 Å². The van der Waals surface area contributed by atoms with Crippen molar-refractivity contribution in [1.82, 2.24) is 25.3 Å². The topological polar surface area (TPSA) is 185 Å². The fourth-order valence-electron chi connectivity index (χ4n) is 2.93. The summed E-state index contributed by atoms with van der Waals surface area (Å²) in [6.07, 6.45) is 0.938. The van der Waals surface area contributed by atoms with Crippen molar-refractivity contribution < 1.29 is 24.6 Å². The predicted octanol–water partition coefficient (Wildman–Crippen LogP) is 1.13. The molecule has 166 valence electrons. The van der Waals surface area contributed by atoms with E-state index in [2.05, 4.69) is 25.3 Å². The van der Waals surface area contributed by atoms with Gasteiger partial charge in [0.15, 0.2) is 17.3 Å². The highest BCUT2D eigenvalue weighted by Gasteiger charge is 2.21. The Bertz CT molecular complexity index is 1180. The number of carboxylic acid groups (broad SMARTS) is 2. The molecule has 0 aliphatic heterocycles. The normalized spacial score (nSPS) is 11.7. The zero-order chi connectivity index (χ0) is 23.4. The van der Waals surface area contributed by atoms with Crippen LogP contribution in [0.25, 0.3) is 11.2 Å². The van der Waals surface area contributed by atoms with Gasteiger partial charge in [-0.15, -0.1) is 0 Å². The number of nitrogen functional groups attached to an aromatic ring is 1. The number of carboxylic acids is 2. The van der Waals surface area contributed by atoms with E-state index in [4.69, 9.17) is 10.8 Å². The first-order chi connectivity index (χ1) is 15.2. The summed E-state index contributed by atoms with van der Waals surface area (Å²) in [5.74, 6) is -1.85. The van der Waals surface area contributed by atoms with Crippen molar-refractivity contribution in [2.45, 2.75) is 25.8 Å². The van der Waals surface area contributed by atoms with Crippen LogP contribution in [0.4, 0.5) is 17.3 Å². The molecule has 0 aliphatic rings. The van der Waals surface area contributed by atoms with E-state index in [0.717, 1.165) is 0 Å². The number of hydrogen-bond acceptors (Lipinski definition) is 9. The molecular weight excluding hydrogens is 418 g/mol. The maximum atomic E-state index is 12.4. The third-order valence-electron chi connectivity index (χ3n) is 4.64. The lowest BCUT2D eigenvalue weighted by atomic mass is 10.1. The molecule has 12 heteroatoms. The van der Waals surface area contributed by atoms with Gasteiger partial charge in [0.1, 0.15) is 17.4 Å². The Labute approximate surface area is 182 Å². The second kappa shape index (κ2) is 9.20. The van der Waals surface area contributed by atoms with E-state index in [9.17, 15) is 19.5 Å². The van der Waals surface area contributed by atoms with Crippen molar-refractivity contribution in [1.29, 1.82) is 0 Å². The average Bonchev–Trinajstić information content (AvgIpc) is 2.75. The molecule has 0 aliphatic carbocycles. The van der Waals surface area contributed by atoms with Gasteiger partial charge in [0.2, 0.25) is 0 Å². The van der Waals surface area contributed by atoms with E-state index in [0.29, 0.717) is 28.5 Å². The molecule has 32 heavy (non-hydrogen) atoms. The second-order valence-corrected chi connectivity index (χ2v) is 6.96. The van der Waals surface area contributed by atoms with Crippen molar-refractivity contribution in [3.63, 3.8) is 0 Å². The molecule has 0 saturated heterocycles. The molecule has 5 N–H and O–H groups in total. The van der Waals surface area contributed by atoms with Crippen molar-refractivity contribution in [3.8, 4) is 0 Å². The number of amides is 1. The molecule has 3 rings (SSSR count). The van der Waals surface area contributed by atoms with Gasteiger partial charge in [0, 0.05) is 24.7 Å². The number of aliphatic carboxylic acids is 2. The van der Waals surface area contributed by atoms with Gasteiger partial charge >= 0.3 is 11.9 Å². The van der Waals surface area contributed by atoms with Crippen LogP contribution < -0.4 is 16.0 Å². The molecule has 1 atom stereocenters. The summed E-state index contributed by atoms with van der Waals surface area (Å²) in [4.78, 5) is 53.1. The molecule has 0 radical (unpaired) electrons. The minimum Gasteiger partial charge on any atom is -0.481 e. The molecule has 0 spiro atoms. The summed E-state index contributed by atoms with van der Waals surface area (Å²) >= 11 is 0. The fourth-order valence-corrected chi connectivity index (χ4v) is 2.93. The highest BCUT2D eigenvalue weighted by atomic mass is 16.4. The van der Waals surface area contributed by atoms with Gasteiger partial charge in [-0.2, -0.15) is 0 Å². The number of rotatable bonds is 8. The van der Waals surface area contributed by atoms with Crippen LogP contribution in [-0.4, -0.2) is 61.1 Å². The van der Waals surface area contributed by atoms with E-state index in [-0.39, 0.29) is 24.2 Å². The number of hydrogen-bond donors (Lipinski definition) is 4. The van der Waals surface area contributed by atoms with Gasteiger partial charge in [0.25, 0.3) is 5.91 Å². The van der Waals surface area contributed by atoms with Gasteiger partial charge in [-0.1, -0.05) is 0 Å². The lowest BCUT2D eigenvalue weighted by Gasteiger charge is -2.19. The molecule has 2 heterocycles. The van der Waals surface area contributed by atoms with Crippen LogP contribution in [0.5, 0.6) is 0 Å². The average molecular weight is 439 g/mol. The maximum Gasteiger partial charge on any atom is 0.326 e. The Balaban J connectivity index is 1.76. The monoisotopic (exact) mass is 439 g/mol. The Kier molecular flexibility index (Phi) is 6.42. The third kappa shape index (κ3) is 5.03. The molecule has 1 aromatic carbocycles. The molecular formula is C20H21N7O5. The number of aryl methyl sites for hydroxylation is 1. The fraction of sp³-hybridized carbons (Fsp3) is 0.250. The number of benzene rings is 1. The van der Waals surface area contributed by atoms with Gasteiger partial charge in [0.05, 0.1) is 6.20 Å². The molecule has 0 saturated carbocycles. The summed E-state index contributed by atoms with van der Waals surface area (Å²) in [6, 6.07) is 5.07. The summed E-state index contributed by atoms with van der Waals surface area (Å²) in [7, 11) is 1.76. The van der Waals surface area contributed by atoms with Crippen LogP contribution in [0.1, 0.15) is 29.0 Å². The van der Waals surface area contributed by atoms with Crippen molar-refractivity contribution in [2.75, 3.05) is 17.7 Å². The highest BCUT2D eigenvalue weighted by Crippen LogP contribution is 2.24. The molecule has 0 fully saturated rings. The Morgan fingerprint density at radius 1 is 1.12 bits per heavy atom. The van der Waals surface area contributed by atoms with Crippen LogP contribution >= 0.6 is 0 Å². The van der Waals surface area contributed by atoms with Crippen molar-refractivity contribution in [2.24, 2.45) is 0 Å². The van der Waals surface area contributed by atoms with E-state index in [1.165, 1.54) is 18.3 Å². The van der Waals surface area contributed by atoms with Crippen molar-refractivity contribution >= 4 is 46.3 Å². The van der Waals surface area contributed by atoms with E-state index < -0.39 is 23.9 Å². The van der Waals surface area contributed by atoms with Gasteiger partial charge in [-0.3, -0.25) is 9.59 Å². The SMILES string of the molecule is Cc1nc(N)c2ncc(N(C)c3ccc(C(=O)N[C@@H](CCC(=O)O)C(=O)O)cc3)nc2n1. The van der Waals surface area contributed by atoms with Gasteiger partial charge in [-0.25, -0.2) is 24.7 Å². The minimum atomic E-state index is -1.30. The van der Waals surface area contributed by atoms with Crippen LogP contribution in [-0.2, 0) is 9.59 Å². The minimum absolute atomic E-state index is 0.217. The number of aromatic nitrogens is 4. The van der Waals surface area contributed by atoms with Crippen LogP contribution in [0.3, 0.4) is 0 Å². The summed E-state index contributed by atoms with van der Waals surface area (Å²) in [6.45, 7) is 1.70. The first-order valence-corrected chi connectivity index (χ1v) is 9.52. The standard InChI is InChI=1S/C20H21N7O5/c1-10-23-17(21)16-18(24-10)26-14(9-22-16)27(2)12-5-3-11(4-6-12)19(30)25-13(20(31)32)7-8-15(28)29/h3-6,9,13H,7-8H2,1-2H3,(H,25,30)(H,28,29)(H,31,32)(H2,21,23,24,26)/t13-/m0/s1. The lowest BCUT2D eigenvalue weighted by molar-refractivity contribution is -0.140. The van der Waals surface area contributed by atoms with Crippen LogP contribution in [0, 0.1) is 6.92 Å². The number of carbonyl (C=O) groups is 3. The number of nitrogens with one attached hydrogen (secondary N) is 1. The first-order valence-electron chi connectivity index (χ1n) is 9.52. The summed E-state index contributed by atoms with van der Waals surface area (Å²) < 4.78 is 0. The summed E-state index contributed by atoms with van der Waals surface area (Å²) in [5.41, 5.74) is 7.53. The molecule has 1 amide bonds. The molecule has 0 unspecified atom stereocenters. The zero-order valence-electron chi connectivity index (χ0n) is 17.3. The highest BCUT2D eigenvalue weighted by molar-refractivity contribution is 5.97. The Morgan fingerprint density at radius 3 is 2.44 bits per heavy atom. The zero-order valence-corrected chi connectivity index (χ0v) is 17.3. The largest absolute Gasteiger partial charge is 0.481 e. The quantitative estimate of drug-likeness (QED) is 0.394. The van der Waals surface area contributed by atoms with Gasteiger partial charge in [-0.05, 0) is 37.6 Å².